The van der Waals surface area contributed by atoms with Crippen molar-refractivity contribution in [2.75, 3.05) is 26.7 Å². The Morgan fingerprint density at radius 1 is 1.28 bits per heavy atom. The van der Waals surface area contributed by atoms with Crippen molar-refractivity contribution in [3.63, 3.8) is 0 Å². The minimum absolute atomic E-state index is 0.169. The van der Waals surface area contributed by atoms with E-state index in [4.69, 9.17) is 9.47 Å². The molecule has 29 heavy (non-hydrogen) atoms. The van der Waals surface area contributed by atoms with Crippen LogP contribution in [-0.2, 0) is 24.3 Å². The highest BCUT2D eigenvalue weighted by atomic mass is 16.5. The molecule has 0 bridgehead atoms. The summed E-state index contributed by atoms with van der Waals surface area (Å²) in [5, 5.41) is 0. The molecule has 0 radical (unpaired) electrons. The standard InChI is InChI=1S/C22H27N3O4/c1-16(2)6-9-24-10-7-18-21(22(27)28-3)19(13-20(26)25(18)12-11-24)29-15-17-5-4-8-23-14-17/h4-6,8,13-14H,7,9-12,15H2,1-3H3. The van der Waals surface area contributed by atoms with Crippen molar-refractivity contribution < 1.29 is 14.3 Å². The third-order valence-electron chi connectivity index (χ3n) is 4.95. The van der Waals surface area contributed by atoms with Gasteiger partial charge in [-0.25, -0.2) is 4.79 Å². The van der Waals surface area contributed by atoms with E-state index in [1.807, 2.05) is 12.1 Å². The van der Waals surface area contributed by atoms with Crippen LogP contribution in [0.5, 0.6) is 5.75 Å². The number of fused-ring (bicyclic) bond motifs is 1. The lowest BCUT2D eigenvalue weighted by Crippen LogP contribution is -2.29. The van der Waals surface area contributed by atoms with Crippen LogP contribution in [0.1, 0.15) is 35.5 Å². The fourth-order valence-corrected chi connectivity index (χ4v) is 3.37. The first-order chi connectivity index (χ1) is 14.0. The largest absolute Gasteiger partial charge is 0.488 e. The Morgan fingerprint density at radius 3 is 2.79 bits per heavy atom. The van der Waals surface area contributed by atoms with E-state index < -0.39 is 5.97 Å². The monoisotopic (exact) mass is 397 g/mol. The molecule has 0 atom stereocenters. The second kappa shape index (κ2) is 9.52. The smallest absolute Gasteiger partial charge is 0.343 e. The fraction of sp³-hybridized carbons (Fsp3) is 0.409. The number of allylic oxidation sites excluding steroid dienone is 1. The van der Waals surface area contributed by atoms with Crippen LogP contribution >= 0.6 is 0 Å². The Morgan fingerprint density at radius 2 is 2.10 bits per heavy atom. The first kappa shape index (κ1) is 20.8. The van der Waals surface area contributed by atoms with Crippen LogP contribution in [0.4, 0.5) is 0 Å². The highest BCUT2D eigenvalue weighted by Crippen LogP contribution is 2.25. The van der Waals surface area contributed by atoms with Gasteiger partial charge in [0, 0.05) is 62.3 Å². The molecule has 0 amide bonds. The number of hydrogen-bond acceptors (Lipinski definition) is 6. The Hall–Kier alpha value is -2.93. The van der Waals surface area contributed by atoms with Crippen LogP contribution < -0.4 is 10.3 Å². The van der Waals surface area contributed by atoms with E-state index >= 15 is 0 Å². The lowest BCUT2D eigenvalue weighted by Gasteiger charge is -2.17. The molecule has 0 unspecified atom stereocenters. The van der Waals surface area contributed by atoms with E-state index in [-0.39, 0.29) is 17.9 Å². The van der Waals surface area contributed by atoms with E-state index in [1.165, 1.54) is 18.7 Å². The predicted molar refractivity (Wildman–Crippen MR) is 110 cm³/mol. The van der Waals surface area contributed by atoms with Crippen molar-refractivity contribution >= 4 is 5.97 Å². The number of ether oxygens (including phenoxy) is 2. The van der Waals surface area contributed by atoms with Crippen LogP contribution in [0.15, 0.2) is 47.0 Å². The maximum atomic E-state index is 12.8. The Balaban J connectivity index is 1.92. The molecule has 1 aliphatic heterocycles. The summed E-state index contributed by atoms with van der Waals surface area (Å²) in [6.45, 7) is 7.19. The van der Waals surface area contributed by atoms with Gasteiger partial charge < -0.3 is 14.0 Å². The number of esters is 1. The molecule has 154 valence electrons. The van der Waals surface area contributed by atoms with E-state index in [1.54, 1.807) is 17.0 Å². The lowest BCUT2D eigenvalue weighted by atomic mass is 10.1. The van der Waals surface area contributed by atoms with Crippen molar-refractivity contribution in [2.45, 2.75) is 33.4 Å². The minimum Gasteiger partial charge on any atom is -0.488 e. The molecule has 2 aromatic heterocycles. The number of carbonyl (C=O) groups is 1. The third kappa shape index (κ3) is 5.12. The third-order valence-corrected chi connectivity index (χ3v) is 4.95. The average Bonchev–Trinajstić information content (AvgIpc) is 2.94. The summed E-state index contributed by atoms with van der Waals surface area (Å²) in [7, 11) is 1.34. The molecule has 0 spiro atoms. The molecule has 2 aromatic rings. The van der Waals surface area contributed by atoms with Gasteiger partial charge in [0.1, 0.15) is 17.9 Å². The summed E-state index contributed by atoms with van der Waals surface area (Å²) in [6.07, 6.45) is 6.11. The van der Waals surface area contributed by atoms with Crippen molar-refractivity contribution in [3.05, 3.63) is 69.4 Å². The number of pyridine rings is 2. The van der Waals surface area contributed by atoms with Crippen molar-refractivity contribution in [1.29, 1.82) is 0 Å². The first-order valence-corrected chi connectivity index (χ1v) is 9.72. The van der Waals surface area contributed by atoms with Gasteiger partial charge in [-0.05, 0) is 19.9 Å². The van der Waals surface area contributed by atoms with Gasteiger partial charge in [0.15, 0.2) is 0 Å². The molecule has 7 heteroatoms. The number of nitrogens with zero attached hydrogens (tertiary/aromatic N) is 3. The van der Waals surface area contributed by atoms with Gasteiger partial charge in [-0.2, -0.15) is 0 Å². The topological polar surface area (TPSA) is 73.7 Å². The van der Waals surface area contributed by atoms with Crippen molar-refractivity contribution in [1.82, 2.24) is 14.5 Å². The van der Waals surface area contributed by atoms with Crippen molar-refractivity contribution in [2.24, 2.45) is 0 Å². The van der Waals surface area contributed by atoms with Gasteiger partial charge in [-0.1, -0.05) is 17.7 Å². The maximum Gasteiger partial charge on any atom is 0.343 e. The van der Waals surface area contributed by atoms with Gasteiger partial charge >= 0.3 is 5.97 Å². The van der Waals surface area contributed by atoms with E-state index in [0.29, 0.717) is 24.2 Å². The second-order valence-corrected chi connectivity index (χ2v) is 7.29. The molecule has 0 fully saturated rings. The zero-order valence-corrected chi connectivity index (χ0v) is 17.2. The quantitative estimate of drug-likeness (QED) is 0.551. The molecule has 3 heterocycles. The highest BCUT2D eigenvalue weighted by Gasteiger charge is 2.26. The molecule has 3 rings (SSSR count). The Labute approximate surface area is 170 Å². The summed E-state index contributed by atoms with van der Waals surface area (Å²) in [6, 6.07) is 5.08. The van der Waals surface area contributed by atoms with Gasteiger partial charge in [-0.15, -0.1) is 0 Å². The van der Waals surface area contributed by atoms with Crippen molar-refractivity contribution in [3.8, 4) is 5.75 Å². The molecule has 1 aliphatic rings. The SMILES string of the molecule is COC(=O)c1c(OCc2cccnc2)cc(=O)n2c1CCN(CC=C(C)C)CC2. The molecule has 0 aromatic carbocycles. The van der Waals surface area contributed by atoms with Crippen LogP contribution in [0.2, 0.25) is 0 Å². The first-order valence-electron chi connectivity index (χ1n) is 9.72. The van der Waals surface area contributed by atoms with E-state index in [0.717, 1.165) is 25.2 Å². The van der Waals surface area contributed by atoms with Gasteiger partial charge in [-0.3, -0.25) is 14.7 Å². The van der Waals surface area contributed by atoms with Gasteiger partial charge in [0.05, 0.1) is 7.11 Å². The lowest BCUT2D eigenvalue weighted by molar-refractivity contribution is 0.0592. The minimum atomic E-state index is -0.493. The molecule has 0 N–H and O–H groups in total. The summed E-state index contributed by atoms with van der Waals surface area (Å²) >= 11 is 0. The Bertz CT molecular complexity index is 947. The zero-order valence-electron chi connectivity index (χ0n) is 17.2. The van der Waals surface area contributed by atoms with Crippen LogP contribution in [0.25, 0.3) is 0 Å². The summed E-state index contributed by atoms with van der Waals surface area (Å²) in [4.78, 5) is 31.7. The van der Waals surface area contributed by atoms with Crippen LogP contribution in [0.3, 0.4) is 0 Å². The predicted octanol–water partition coefficient (Wildman–Crippen LogP) is 2.43. The molecular weight excluding hydrogens is 370 g/mol. The van der Waals surface area contributed by atoms with E-state index in [2.05, 4.69) is 29.8 Å². The summed E-state index contributed by atoms with van der Waals surface area (Å²) in [5.74, 6) is -0.234. The molecule has 0 aliphatic carbocycles. The number of methoxy groups -OCH3 is 1. The number of rotatable bonds is 6. The summed E-state index contributed by atoms with van der Waals surface area (Å²) < 4.78 is 12.5. The van der Waals surface area contributed by atoms with Crippen LogP contribution in [0, 0.1) is 0 Å². The average molecular weight is 397 g/mol. The van der Waals surface area contributed by atoms with Gasteiger partial charge in [0.2, 0.25) is 0 Å². The zero-order chi connectivity index (χ0) is 20.8. The normalized spacial score (nSPS) is 13.9. The van der Waals surface area contributed by atoms with E-state index in [9.17, 15) is 9.59 Å². The second-order valence-electron chi connectivity index (χ2n) is 7.29. The number of carbonyl (C=O) groups excluding carboxylic acids is 1. The number of aromatic nitrogens is 2. The maximum absolute atomic E-state index is 12.8. The Kier molecular flexibility index (Phi) is 6.82. The van der Waals surface area contributed by atoms with Gasteiger partial charge in [0.25, 0.3) is 5.56 Å². The fourth-order valence-electron chi connectivity index (χ4n) is 3.37. The molecule has 0 saturated heterocycles. The van der Waals surface area contributed by atoms with Crippen LogP contribution in [-0.4, -0.2) is 47.2 Å². The molecular formula is C22H27N3O4. The number of hydrogen-bond donors (Lipinski definition) is 0. The highest BCUT2D eigenvalue weighted by molar-refractivity contribution is 5.93. The molecule has 7 nitrogen and oxygen atoms in total. The summed E-state index contributed by atoms with van der Waals surface area (Å²) in [5.41, 5.74) is 2.94. The molecule has 0 saturated carbocycles.